The first-order valence-corrected chi connectivity index (χ1v) is 9.05. The van der Waals surface area contributed by atoms with Crippen molar-refractivity contribution in [2.24, 2.45) is 5.92 Å². The molecule has 0 saturated heterocycles. The first-order chi connectivity index (χ1) is 10.5. The summed E-state index contributed by atoms with van der Waals surface area (Å²) in [5.74, 6) is 0.698. The van der Waals surface area contributed by atoms with Crippen molar-refractivity contribution >= 4 is 28.3 Å². The number of carbonyl (C=O) groups excluding carboxylic acids is 1. The van der Waals surface area contributed by atoms with E-state index >= 15 is 0 Å². The molecule has 1 aromatic carbocycles. The van der Waals surface area contributed by atoms with Gasteiger partial charge in [-0.1, -0.05) is 19.1 Å². The third-order valence-electron chi connectivity index (χ3n) is 3.47. The monoisotopic (exact) mass is 361 g/mol. The Bertz CT molecular complexity index is 601. The lowest BCUT2D eigenvalue weighted by Crippen LogP contribution is -2.34. The van der Waals surface area contributed by atoms with Crippen molar-refractivity contribution in [1.82, 2.24) is 15.4 Å². The van der Waals surface area contributed by atoms with Gasteiger partial charge in [0.1, 0.15) is 0 Å². The first-order valence-electron chi connectivity index (χ1n) is 7.57. The van der Waals surface area contributed by atoms with Crippen molar-refractivity contribution in [3.63, 3.8) is 0 Å². The lowest BCUT2D eigenvalue weighted by molar-refractivity contribution is -0.120. The molecule has 0 aliphatic heterocycles. The molecule has 130 valence electrons. The molecule has 0 aromatic heterocycles. The molecule has 1 aliphatic rings. The lowest BCUT2D eigenvalue weighted by Gasteiger charge is -2.08. The Morgan fingerprint density at radius 1 is 1.22 bits per heavy atom. The minimum atomic E-state index is -3.42. The zero-order valence-electron chi connectivity index (χ0n) is 13.2. The van der Waals surface area contributed by atoms with E-state index in [9.17, 15) is 13.2 Å². The quantitative estimate of drug-likeness (QED) is 0.613. The number of amides is 1. The smallest absolute Gasteiger partial charge is 0.240 e. The largest absolute Gasteiger partial charge is 0.351 e. The topological polar surface area (TPSA) is 87.3 Å². The molecule has 3 N–H and O–H groups in total. The molecule has 0 heterocycles. The summed E-state index contributed by atoms with van der Waals surface area (Å²) in [5.41, 5.74) is 0.867. The van der Waals surface area contributed by atoms with Gasteiger partial charge in [0.05, 0.1) is 11.4 Å². The van der Waals surface area contributed by atoms with Gasteiger partial charge in [-0.05, 0) is 43.0 Å². The maximum Gasteiger partial charge on any atom is 0.240 e. The van der Waals surface area contributed by atoms with Crippen molar-refractivity contribution < 1.29 is 13.2 Å². The molecule has 1 amide bonds. The molecular weight excluding hydrogens is 338 g/mol. The standard InChI is InChI=1S/C15H23N3O3S.ClH/c1-2-18-22(20,21)14-7-5-13(6-8-14)10-17-15(19)11-16-9-12-3-4-12;/h5-8,12,16,18H,2-4,9-11H2,1H3,(H,17,19);1H. The molecule has 0 unspecified atom stereocenters. The third kappa shape index (κ3) is 6.87. The van der Waals surface area contributed by atoms with Gasteiger partial charge in [-0.3, -0.25) is 4.79 Å². The molecule has 0 bridgehead atoms. The summed E-state index contributed by atoms with van der Waals surface area (Å²) in [4.78, 5) is 11.9. The van der Waals surface area contributed by atoms with Gasteiger partial charge in [0.25, 0.3) is 0 Å². The van der Waals surface area contributed by atoms with Crippen LogP contribution < -0.4 is 15.4 Å². The second-order valence-corrected chi connectivity index (χ2v) is 7.26. The van der Waals surface area contributed by atoms with Crippen LogP contribution in [-0.4, -0.2) is 34.0 Å². The van der Waals surface area contributed by atoms with Crippen LogP contribution in [0.3, 0.4) is 0 Å². The summed E-state index contributed by atoms with van der Waals surface area (Å²) in [6.07, 6.45) is 2.52. The molecule has 1 saturated carbocycles. The van der Waals surface area contributed by atoms with E-state index < -0.39 is 10.0 Å². The third-order valence-corrected chi connectivity index (χ3v) is 5.03. The van der Waals surface area contributed by atoms with E-state index in [-0.39, 0.29) is 23.2 Å². The van der Waals surface area contributed by atoms with Crippen molar-refractivity contribution in [3.8, 4) is 0 Å². The molecule has 8 heteroatoms. The summed E-state index contributed by atoms with van der Waals surface area (Å²) in [7, 11) is -3.42. The molecule has 1 aromatic rings. The average Bonchev–Trinajstić information content (AvgIpc) is 3.30. The maximum absolute atomic E-state index is 11.8. The van der Waals surface area contributed by atoms with Crippen LogP contribution in [0, 0.1) is 5.92 Å². The highest BCUT2D eigenvalue weighted by Crippen LogP contribution is 2.27. The van der Waals surface area contributed by atoms with Crippen LogP contribution >= 0.6 is 12.4 Å². The Labute approximate surface area is 143 Å². The number of benzene rings is 1. The highest BCUT2D eigenvalue weighted by Gasteiger charge is 2.20. The van der Waals surface area contributed by atoms with Crippen molar-refractivity contribution in [2.45, 2.75) is 31.2 Å². The molecule has 0 atom stereocenters. The summed E-state index contributed by atoms with van der Waals surface area (Å²) in [6, 6.07) is 6.51. The van der Waals surface area contributed by atoms with Gasteiger partial charge in [0.2, 0.25) is 15.9 Å². The Kier molecular flexibility index (Phi) is 7.98. The fourth-order valence-electron chi connectivity index (χ4n) is 2.03. The summed E-state index contributed by atoms with van der Waals surface area (Å²) < 4.78 is 26.0. The number of hydrogen-bond acceptors (Lipinski definition) is 4. The number of carbonyl (C=O) groups is 1. The van der Waals surface area contributed by atoms with Crippen LogP contribution in [0.1, 0.15) is 25.3 Å². The minimum absolute atomic E-state index is 0. The van der Waals surface area contributed by atoms with Crippen molar-refractivity contribution in [3.05, 3.63) is 29.8 Å². The Morgan fingerprint density at radius 3 is 2.43 bits per heavy atom. The lowest BCUT2D eigenvalue weighted by atomic mass is 10.2. The Hall–Kier alpha value is -1.15. The van der Waals surface area contributed by atoms with Gasteiger partial charge in [-0.2, -0.15) is 0 Å². The van der Waals surface area contributed by atoms with Crippen LogP contribution in [0.25, 0.3) is 0 Å². The summed E-state index contributed by atoms with van der Waals surface area (Å²) >= 11 is 0. The van der Waals surface area contributed by atoms with E-state index in [1.807, 2.05) is 0 Å². The molecule has 2 rings (SSSR count). The van der Waals surface area contributed by atoms with E-state index in [2.05, 4.69) is 15.4 Å². The molecule has 23 heavy (non-hydrogen) atoms. The fraction of sp³-hybridized carbons (Fsp3) is 0.533. The number of rotatable bonds is 9. The van der Waals surface area contributed by atoms with Gasteiger partial charge in [-0.25, -0.2) is 13.1 Å². The second-order valence-electron chi connectivity index (χ2n) is 5.50. The molecule has 0 spiro atoms. The Morgan fingerprint density at radius 2 is 1.87 bits per heavy atom. The normalized spacial score (nSPS) is 14.1. The maximum atomic E-state index is 11.8. The molecule has 6 nitrogen and oxygen atoms in total. The average molecular weight is 362 g/mol. The van der Waals surface area contributed by atoms with Gasteiger partial charge in [-0.15, -0.1) is 12.4 Å². The van der Waals surface area contributed by atoms with Crippen LogP contribution in [-0.2, 0) is 21.4 Å². The SMILES string of the molecule is CCNS(=O)(=O)c1ccc(CNC(=O)CNCC2CC2)cc1.Cl. The molecule has 1 fully saturated rings. The van der Waals surface area contributed by atoms with Crippen molar-refractivity contribution in [1.29, 1.82) is 0 Å². The number of hydrogen-bond donors (Lipinski definition) is 3. The van der Waals surface area contributed by atoms with Crippen LogP contribution in [0.4, 0.5) is 0 Å². The van der Waals surface area contributed by atoms with E-state index in [4.69, 9.17) is 0 Å². The zero-order chi connectivity index (χ0) is 16.0. The molecular formula is C15H24ClN3O3S. The van der Waals surface area contributed by atoms with Gasteiger partial charge < -0.3 is 10.6 Å². The van der Waals surface area contributed by atoms with E-state index in [0.717, 1.165) is 18.0 Å². The van der Waals surface area contributed by atoms with Gasteiger partial charge >= 0.3 is 0 Å². The highest BCUT2D eigenvalue weighted by atomic mass is 35.5. The van der Waals surface area contributed by atoms with Gasteiger partial charge in [0, 0.05) is 13.1 Å². The number of halogens is 1. The second kappa shape index (κ2) is 9.22. The first kappa shape index (κ1) is 19.9. The van der Waals surface area contributed by atoms with Crippen LogP contribution in [0.15, 0.2) is 29.2 Å². The predicted octanol–water partition coefficient (Wildman–Crippen LogP) is 1.02. The van der Waals surface area contributed by atoms with Crippen LogP contribution in [0.2, 0.25) is 0 Å². The molecule has 0 radical (unpaired) electrons. The summed E-state index contributed by atoms with van der Waals surface area (Å²) in [5, 5.41) is 5.94. The predicted molar refractivity (Wildman–Crippen MR) is 92.0 cm³/mol. The van der Waals surface area contributed by atoms with E-state index in [0.29, 0.717) is 19.6 Å². The minimum Gasteiger partial charge on any atom is -0.351 e. The zero-order valence-corrected chi connectivity index (χ0v) is 14.8. The summed E-state index contributed by atoms with van der Waals surface area (Å²) in [6.45, 7) is 3.71. The molecule has 1 aliphatic carbocycles. The van der Waals surface area contributed by atoms with E-state index in [1.54, 1.807) is 31.2 Å². The number of sulfonamides is 1. The number of nitrogens with one attached hydrogen (secondary N) is 3. The van der Waals surface area contributed by atoms with Crippen molar-refractivity contribution in [2.75, 3.05) is 19.6 Å². The Balaban J connectivity index is 0.00000264. The highest BCUT2D eigenvalue weighted by molar-refractivity contribution is 7.89. The van der Waals surface area contributed by atoms with Crippen LogP contribution in [0.5, 0.6) is 0 Å². The van der Waals surface area contributed by atoms with E-state index in [1.165, 1.54) is 12.8 Å². The van der Waals surface area contributed by atoms with Gasteiger partial charge in [0.15, 0.2) is 0 Å². The fourth-order valence-corrected chi connectivity index (χ4v) is 3.08.